The Labute approximate surface area is 165 Å². The van der Waals surface area contributed by atoms with Crippen LogP contribution >= 0.6 is 11.6 Å². The van der Waals surface area contributed by atoms with Gasteiger partial charge in [0.25, 0.3) is 0 Å². The summed E-state index contributed by atoms with van der Waals surface area (Å²) in [5.41, 5.74) is 3.98. The molecule has 2 aromatic heterocycles. The van der Waals surface area contributed by atoms with E-state index < -0.39 is 5.63 Å². The molecule has 0 aliphatic heterocycles. The monoisotopic (exact) mass is 383 g/mol. The van der Waals surface area contributed by atoms with Gasteiger partial charge in [-0.25, -0.2) is 9.78 Å². The van der Waals surface area contributed by atoms with E-state index >= 15 is 0 Å². The molecule has 0 amide bonds. The minimum atomic E-state index is -0.443. The zero-order valence-corrected chi connectivity index (χ0v) is 15.5. The van der Waals surface area contributed by atoms with E-state index in [4.69, 9.17) is 16.0 Å². The summed E-state index contributed by atoms with van der Waals surface area (Å²) in [5, 5.41) is 2.32. The summed E-state index contributed by atoms with van der Waals surface area (Å²) < 4.78 is 5.54. The zero-order valence-electron chi connectivity index (χ0n) is 14.7. The maximum atomic E-state index is 12.8. The van der Waals surface area contributed by atoms with Gasteiger partial charge in [-0.05, 0) is 35.4 Å². The van der Waals surface area contributed by atoms with Crippen LogP contribution in [0.2, 0.25) is 5.02 Å². The van der Waals surface area contributed by atoms with Crippen LogP contribution in [-0.4, -0.2) is 4.98 Å². The number of aromatic nitrogens is 1. The van der Waals surface area contributed by atoms with Crippen LogP contribution in [0.3, 0.4) is 0 Å². The Kier molecular flexibility index (Phi) is 3.96. The van der Waals surface area contributed by atoms with E-state index in [1.165, 1.54) is 0 Å². The Morgan fingerprint density at radius 3 is 2.29 bits per heavy atom. The normalized spacial score (nSPS) is 11.2. The maximum absolute atomic E-state index is 12.8. The molecule has 0 aliphatic rings. The van der Waals surface area contributed by atoms with Crippen LogP contribution in [0.4, 0.5) is 0 Å². The van der Waals surface area contributed by atoms with Gasteiger partial charge in [0, 0.05) is 21.4 Å². The lowest BCUT2D eigenvalue weighted by molar-refractivity contribution is 0.568. The standard InChI is InChI=1S/C24H14ClNO2/c25-17-12-10-16(11-13-17)20-14-19(15-6-2-1-3-7-15)22-18-8-4-5-9-21(18)28-24(27)23(22)26-20/h1-14H. The van der Waals surface area contributed by atoms with E-state index in [1.54, 1.807) is 6.07 Å². The second-order valence-electron chi connectivity index (χ2n) is 6.54. The molecule has 5 rings (SSSR count). The maximum Gasteiger partial charge on any atom is 0.363 e. The van der Waals surface area contributed by atoms with Crippen molar-refractivity contribution < 1.29 is 4.42 Å². The molecule has 0 saturated heterocycles. The van der Waals surface area contributed by atoms with Crippen molar-refractivity contribution in [3.05, 3.63) is 100 Å². The number of halogens is 1. The van der Waals surface area contributed by atoms with Crippen LogP contribution in [-0.2, 0) is 0 Å². The van der Waals surface area contributed by atoms with Crippen molar-refractivity contribution >= 4 is 33.5 Å². The van der Waals surface area contributed by atoms with Crippen LogP contribution < -0.4 is 5.63 Å². The topological polar surface area (TPSA) is 43.1 Å². The van der Waals surface area contributed by atoms with Crippen molar-refractivity contribution in [3.63, 3.8) is 0 Å². The molecule has 0 N–H and O–H groups in total. The molecule has 4 heteroatoms. The molecule has 0 radical (unpaired) electrons. The Morgan fingerprint density at radius 1 is 0.786 bits per heavy atom. The smallest absolute Gasteiger partial charge is 0.363 e. The Morgan fingerprint density at radius 2 is 1.50 bits per heavy atom. The Bertz CT molecular complexity index is 1370. The van der Waals surface area contributed by atoms with Gasteiger partial charge in [0.2, 0.25) is 0 Å². The Balaban J connectivity index is 1.94. The molecule has 0 atom stereocenters. The molecule has 5 aromatic rings. The van der Waals surface area contributed by atoms with Gasteiger partial charge in [-0.1, -0.05) is 72.3 Å². The number of pyridine rings is 1. The van der Waals surface area contributed by atoms with Gasteiger partial charge >= 0.3 is 5.63 Å². The van der Waals surface area contributed by atoms with Gasteiger partial charge in [-0.3, -0.25) is 0 Å². The Hall–Kier alpha value is -3.43. The highest BCUT2D eigenvalue weighted by Gasteiger charge is 2.16. The third kappa shape index (κ3) is 2.77. The van der Waals surface area contributed by atoms with Gasteiger partial charge in [-0.2, -0.15) is 0 Å². The number of nitrogens with zero attached hydrogens (tertiary/aromatic N) is 1. The summed E-state index contributed by atoms with van der Waals surface area (Å²) >= 11 is 6.03. The van der Waals surface area contributed by atoms with Crippen molar-refractivity contribution in [1.82, 2.24) is 4.98 Å². The first-order valence-corrected chi connectivity index (χ1v) is 9.26. The number of hydrogen-bond donors (Lipinski definition) is 0. The van der Waals surface area contributed by atoms with Crippen molar-refractivity contribution in [2.75, 3.05) is 0 Å². The molecule has 0 unspecified atom stereocenters. The van der Waals surface area contributed by atoms with Gasteiger partial charge in [0.05, 0.1) is 5.69 Å². The van der Waals surface area contributed by atoms with Crippen molar-refractivity contribution in [2.24, 2.45) is 0 Å². The first kappa shape index (κ1) is 16.7. The van der Waals surface area contributed by atoms with Gasteiger partial charge in [-0.15, -0.1) is 0 Å². The lowest BCUT2D eigenvalue weighted by Gasteiger charge is -2.12. The molecule has 3 nitrogen and oxygen atoms in total. The van der Waals surface area contributed by atoms with E-state index in [0.29, 0.717) is 21.8 Å². The minimum Gasteiger partial charge on any atom is -0.421 e. The molecule has 0 saturated carbocycles. The average molecular weight is 384 g/mol. The second-order valence-corrected chi connectivity index (χ2v) is 6.97. The largest absolute Gasteiger partial charge is 0.421 e. The van der Waals surface area contributed by atoms with Crippen LogP contribution in [0.1, 0.15) is 0 Å². The lowest BCUT2D eigenvalue weighted by Crippen LogP contribution is -2.04. The summed E-state index contributed by atoms with van der Waals surface area (Å²) in [5.74, 6) is 0. The number of para-hydroxylation sites is 1. The number of rotatable bonds is 2. The second kappa shape index (κ2) is 6.63. The van der Waals surface area contributed by atoms with E-state index in [1.807, 2.05) is 78.9 Å². The minimum absolute atomic E-state index is 0.324. The van der Waals surface area contributed by atoms with E-state index in [0.717, 1.165) is 27.5 Å². The van der Waals surface area contributed by atoms with Crippen LogP contribution in [0.15, 0.2) is 94.1 Å². The number of fused-ring (bicyclic) bond motifs is 3. The summed E-state index contributed by atoms with van der Waals surface area (Å²) in [4.78, 5) is 17.4. The van der Waals surface area contributed by atoms with Crippen molar-refractivity contribution in [2.45, 2.75) is 0 Å². The fourth-order valence-electron chi connectivity index (χ4n) is 3.49. The zero-order chi connectivity index (χ0) is 19.1. The molecule has 0 bridgehead atoms. The van der Waals surface area contributed by atoms with E-state index in [2.05, 4.69) is 4.98 Å². The highest BCUT2D eigenvalue weighted by Crippen LogP contribution is 2.35. The first-order chi connectivity index (χ1) is 13.7. The first-order valence-electron chi connectivity index (χ1n) is 8.89. The molecule has 0 fully saturated rings. The molecule has 0 aliphatic carbocycles. The molecule has 0 spiro atoms. The highest BCUT2D eigenvalue weighted by molar-refractivity contribution is 6.30. The number of benzene rings is 3. The third-order valence-corrected chi connectivity index (χ3v) is 5.05. The predicted molar refractivity (Wildman–Crippen MR) is 114 cm³/mol. The fraction of sp³-hybridized carbons (Fsp3) is 0. The van der Waals surface area contributed by atoms with Crippen LogP contribution in [0.5, 0.6) is 0 Å². The van der Waals surface area contributed by atoms with E-state index in [-0.39, 0.29) is 0 Å². The summed E-state index contributed by atoms with van der Waals surface area (Å²) in [6.45, 7) is 0. The van der Waals surface area contributed by atoms with Crippen LogP contribution in [0.25, 0.3) is 44.3 Å². The molecule has 3 aromatic carbocycles. The average Bonchev–Trinajstić information content (AvgIpc) is 2.74. The van der Waals surface area contributed by atoms with Crippen LogP contribution in [0, 0.1) is 0 Å². The third-order valence-electron chi connectivity index (χ3n) is 4.80. The van der Waals surface area contributed by atoms with Crippen molar-refractivity contribution in [1.29, 1.82) is 0 Å². The van der Waals surface area contributed by atoms with Gasteiger partial charge in [0.1, 0.15) is 5.58 Å². The predicted octanol–water partition coefficient (Wildman–Crippen LogP) is 6.33. The number of hydrogen-bond acceptors (Lipinski definition) is 3. The fourth-order valence-corrected chi connectivity index (χ4v) is 3.62. The van der Waals surface area contributed by atoms with Gasteiger partial charge < -0.3 is 4.42 Å². The molecule has 28 heavy (non-hydrogen) atoms. The molecular weight excluding hydrogens is 370 g/mol. The van der Waals surface area contributed by atoms with E-state index in [9.17, 15) is 4.79 Å². The quantitative estimate of drug-likeness (QED) is 0.264. The molecule has 134 valence electrons. The SMILES string of the molecule is O=c1oc2ccccc2c2c(-c3ccccc3)cc(-c3ccc(Cl)cc3)nc12. The summed E-state index contributed by atoms with van der Waals surface area (Å²) in [7, 11) is 0. The highest BCUT2D eigenvalue weighted by atomic mass is 35.5. The van der Waals surface area contributed by atoms with Crippen molar-refractivity contribution in [3.8, 4) is 22.4 Å². The molecule has 2 heterocycles. The summed E-state index contributed by atoms with van der Waals surface area (Å²) in [6.07, 6.45) is 0. The summed E-state index contributed by atoms with van der Waals surface area (Å²) in [6, 6.07) is 27.0. The van der Waals surface area contributed by atoms with Gasteiger partial charge in [0.15, 0.2) is 5.52 Å². The molecular formula is C24H14ClNO2. The lowest BCUT2D eigenvalue weighted by atomic mass is 9.97.